The number of hydrogen-bond acceptors (Lipinski definition) is 1. The molecule has 10 aromatic carbocycles. The second kappa shape index (κ2) is 11.7. The summed E-state index contributed by atoms with van der Waals surface area (Å²) in [6, 6.07) is 68.2. The molecule has 0 bridgehead atoms. The number of hydrogen-bond donors (Lipinski definition) is 0. The Kier molecular flexibility index (Phi) is 6.66. The highest BCUT2D eigenvalue weighted by molar-refractivity contribution is 7.26. The fourth-order valence-corrected chi connectivity index (χ4v) is 11.2. The maximum Gasteiger partial charge on any atom is 0.0433 e. The normalized spacial score (nSPS) is 13.3. The first-order chi connectivity index (χ1) is 27.5. The molecule has 0 N–H and O–H groups in total. The number of thiophene rings is 1. The summed E-state index contributed by atoms with van der Waals surface area (Å²) in [6.45, 7) is 4.78. The van der Waals surface area contributed by atoms with E-state index in [4.69, 9.17) is 0 Å². The summed E-state index contributed by atoms with van der Waals surface area (Å²) >= 11 is 1.92. The lowest BCUT2D eigenvalue weighted by Gasteiger charge is -2.22. The van der Waals surface area contributed by atoms with Gasteiger partial charge in [0.1, 0.15) is 0 Å². The summed E-state index contributed by atoms with van der Waals surface area (Å²) in [4.78, 5) is 0. The minimum atomic E-state index is -0.0829. The minimum Gasteiger partial charge on any atom is -0.135 e. The zero-order valence-electron chi connectivity index (χ0n) is 31.2. The lowest BCUT2D eigenvalue weighted by atomic mass is 9.81. The number of rotatable bonds is 3. The lowest BCUT2D eigenvalue weighted by molar-refractivity contribution is 0.661. The van der Waals surface area contributed by atoms with Crippen LogP contribution in [0.15, 0.2) is 182 Å². The van der Waals surface area contributed by atoms with Gasteiger partial charge in [-0.1, -0.05) is 172 Å². The van der Waals surface area contributed by atoms with E-state index in [0.29, 0.717) is 0 Å². The molecule has 0 nitrogen and oxygen atoms in total. The maximum atomic E-state index is 2.50. The molecule has 0 radical (unpaired) electrons. The molecule has 262 valence electrons. The molecule has 0 aliphatic heterocycles. The van der Waals surface area contributed by atoms with Crippen LogP contribution >= 0.6 is 11.3 Å². The van der Waals surface area contributed by atoms with E-state index in [1.54, 1.807) is 0 Å². The molecule has 1 heterocycles. The fourth-order valence-electron chi connectivity index (χ4n) is 9.93. The molecule has 1 heteroatoms. The van der Waals surface area contributed by atoms with Gasteiger partial charge in [-0.25, -0.2) is 0 Å². The van der Waals surface area contributed by atoms with Crippen molar-refractivity contribution < 1.29 is 0 Å². The first-order valence-electron chi connectivity index (χ1n) is 19.6. The van der Waals surface area contributed by atoms with Crippen molar-refractivity contribution in [2.75, 3.05) is 0 Å². The number of fused-ring (bicyclic) bond motifs is 11. The lowest BCUT2D eigenvalue weighted by Crippen LogP contribution is -2.14. The third kappa shape index (κ3) is 4.47. The van der Waals surface area contributed by atoms with E-state index in [9.17, 15) is 0 Å². The van der Waals surface area contributed by atoms with Crippen LogP contribution in [0.5, 0.6) is 0 Å². The Morgan fingerprint density at radius 2 is 0.929 bits per heavy atom. The van der Waals surface area contributed by atoms with Gasteiger partial charge in [0.2, 0.25) is 0 Å². The van der Waals surface area contributed by atoms with Gasteiger partial charge in [-0.2, -0.15) is 0 Å². The summed E-state index contributed by atoms with van der Waals surface area (Å²) in [6.07, 6.45) is 0. The monoisotopic (exact) mass is 728 g/mol. The van der Waals surface area contributed by atoms with Gasteiger partial charge in [-0.15, -0.1) is 11.3 Å². The van der Waals surface area contributed by atoms with Crippen molar-refractivity contribution in [1.29, 1.82) is 0 Å². The van der Waals surface area contributed by atoms with E-state index < -0.39 is 0 Å². The Hall–Kier alpha value is -6.54. The first-order valence-corrected chi connectivity index (χ1v) is 20.4. The largest absolute Gasteiger partial charge is 0.135 e. The van der Waals surface area contributed by atoms with Crippen LogP contribution in [-0.2, 0) is 5.41 Å². The van der Waals surface area contributed by atoms with Crippen LogP contribution in [0.25, 0.3) is 108 Å². The average molecular weight is 729 g/mol. The van der Waals surface area contributed by atoms with Crippen molar-refractivity contribution in [2.24, 2.45) is 0 Å². The molecule has 12 rings (SSSR count). The quantitative estimate of drug-likeness (QED) is 0.159. The molecule has 0 amide bonds. The van der Waals surface area contributed by atoms with Gasteiger partial charge in [0.25, 0.3) is 0 Å². The van der Waals surface area contributed by atoms with Crippen LogP contribution in [0.3, 0.4) is 0 Å². The van der Waals surface area contributed by atoms with Gasteiger partial charge in [0.15, 0.2) is 0 Å². The second-order valence-electron chi connectivity index (χ2n) is 16.0. The van der Waals surface area contributed by atoms with Gasteiger partial charge in [0, 0.05) is 25.6 Å². The summed E-state index contributed by atoms with van der Waals surface area (Å²) in [5.74, 6) is 0. The molecule has 0 saturated heterocycles. The third-order valence-electron chi connectivity index (χ3n) is 12.7. The summed E-state index contributed by atoms with van der Waals surface area (Å²) < 4.78 is 2.75. The number of benzene rings is 10. The molecule has 0 atom stereocenters. The van der Waals surface area contributed by atoms with Crippen molar-refractivity contribution in [1.82, 2.24) is 0 Å². The molecule has 56 heavy (non-hydrogen) atoms. The fraction of sp³-hybridized carbons (Fsp3) is 0.0545. The van der Waals surface area contributed by atoms with Crippen LogP contribution in [0.2, 0.25) is 0 Å². The molecule has 0 fully saturated rings. The smallest absolute Gasteiger partial charge is 0.0433 e. The minimum absolute atomic E-state index is 0.0829. The highest BCUT2D eigenvalue weighted by Gasteiger charge is 2.36. The third-order valence-corrected chi connectivity index (χ3v) is 13.9. The Morgan fingerprint density at radius 3 is 1.68 bits per heavy atom. The summed E-state index contributed by atoms with van der Waals surface area (Å²) in [5, 5.41) is 13.0. The Labute approximate surface area is 329 Å². The van der Waals surface area contributed by atoms with Gasteiger partial charge < -0.3 is 0 Å². The van der Waals surface area contributed by atoms with E-state index in [2.05, 4.69) is 196 Å². The molecule has 11 aromatic rings. The molecular formula is C55H36S. The van der Waals surface area contributed by atoms with Gasteiger partial charge in [-0.05, 0) is 123 Å². The molecule has 0 unspecified atom stereocenters. The standard InChI is InChI=1S/C55H36S/c1-55(2)49-29-27-36(30-47(49)48-31-37-26-28-45-39-15-9-10-21-51(39)56-54(45)46(37)32-50(48)55)33-22-24-35(25-23-33)52-41-16-5-7-18-43(41)53(44-19-8-6-17-42(44)52)40-20-11-13-34-12-3-4-14-38(34)40/h3-32H,1-2H3. The van der Waals surface area contributed by atoms with E-state index in [1.165, 1.54) is 119 Å². The summed E-state index contributed by atoms with van der Waals surface area (Å²) in [5.41, 5.74) is 13.0. The van der Waals surface area contributed by atoms with Crippen molar-refractivity contribution in [2.45, 2.75) is 19.3 Å². The molecule has 1 aliphatic rings. The zero-order chi connectivity index (χ0) is 37.1. The highest BCUT2D eigenvalue weighted by atomic mass is 32.1. The summed E-state index contributed by atoms with van der Waals surface area (Å²) in [7, 11) is 0. The van der Waals surface area contributed by atoms with Crippen molar-refractivity contribution in [3.05, 3.63) is 193 Å². The van der Waals surface area contributed by atoms with Crippen molar-refractivity contribution in [3.8, 4) is 44.5 Å². The van der Waals surface area contributed by atoms with Crippen LogP contribution in [-0.4, -0.2) is 0 Å². The van der Waals surface area contributed by atoms with Gasteiger partial charge in [0.05, 0.1) is 0 Å². The molecule has 0 saturated carbocycles. The molecule has 1 aliphatic carbocycles. The van der Waals surface area contributed by atoms with E-state index >= 15 is 0 Å². The molecular weight excluding hydrogens is 693 g/mol. The highest BCUT2D eigenvalue weighted by Crippen LogP contribution is 2.52. The van der Waals surface area contributed by atoms with Crippen molar-refractivity contribution >= 4 is 74.6 Å². The Bertz CT molecular complexity index is 3370. The van der Waals surface area contributed by atoms with Gasteiger partial charge >= 0.3 is 0 Å². The molecule has 0 spiro atoms. The van der Waals surface area contributed by atoms with Crippen LogP contribution in [0.1, 0.15) is 25.0 Å². The second-order valence-corrected chi connectivity index (χ2v) is 17.0. The zero-order valence-corrected chi connectivity index (χ0v) is 32.0. The van der Waals surface area contributed by atoms with Crippen LogP contribution < -0.4 is 0 Å². The Morgan fingerprint density at radius 1 is 0.339 bits per heavy atom. The van der Waals surface area contributed by atoms with E-state index in [0.717, 1.165) is 0 Å². The SMILES string of the molecule is CC1(C)c2ccc(-c3ccc(-c4c5ccccc5c(-c5cccc6ccccc56)c5ccccc45)cc3)cc2-c2cc3ccc4c5ccccc5sc4c3cc21. The average Bonchev–Trinajstić information content (AvgIpc) is 3.73. The van der Waals surface area contributed by atoms with E-state index in [-0.39, 0.29) is 5.41 Å². The van der Waals surface area contributed by atoms with E-state index in [1.807, 2.05) is 11.3 Å². The maximum absolute atomic E-state index is 2.50. The predicted octanol–water partition coefficient (Wildman–Crippen LogP) is 16.0. The molecule has 1 aromatic heterocycles. The van der Waals surface area contributed by atoms with Gasteiger partial charge in [-0.3, -0.25) is 0 Å². The predicted molar refractivity (Wildman–Crippen MR) is 243 cm³/mol. The van der Waals surface area contributed by atoms with Crippen LogP contribution in [0.4, 0.5) is 0 Å². The van der Waals surface area contributed by atoms with Crippen LogP contribution in [0, 0.1) is 0 Å². The van der Waals surface area contributed by atoms with Crippen molar-refractivity contribution in [3.63, 3.8) is 0 Å². The Balaban J connectivity index is 0.986. The topological polar surface area (TPSA) is 0 Å². The first kappa shape index (κ1) is 31.8.